The topological polar surface area (TPSA) is 103 Å². The molecule has 106 valence electrons. The average molecular weight is 261 g/mol. The minimum atomic E-state index is -0.826. The van der Waals surface area contributed by atoms with Crippen LogP contribution in [-0.4, -0.2) is 31.1 Å². The maximum atomic E-state index is 11.3. The molecule has 0 heterocycles. The highest BCUT2D eigenvalue weighted by molar-refractivity contribution is 5.76. The third-order valence-electron chi connectivity index (χ3n) is 2.03. The van der Waals surface area contributed by atoms with Crippen LogP contribution in [0.5, 0.6) is 0 Å². The van der Waals surface area contributed by atoms with E-state index in [4.69, 9.17) is 15.4 Å². The van der Waals surface area contributed by atoms with E-state index in [0.717, 1.165) is 12.8 Å². The lowest BCUT2D eigenvalue weighted by molar-refractivity contribution is -0.154. The van der Waals surface area contributed by atoms with E-state index in [1.165, 1.54) is 0 Å². The highest BCUT2D eigenvalue weighted by Gasteiger charge is 2.17. The number of hydroxylamine groups is 2. The van der Waals surface area contributed by atoms with E-state index < -0.39 is 18.0 Å². The Morgan fingerprint density at radius 3 is 2.22 bits per heavy atom. The summed E-state index contributed by atoms with van der Waals surface area (Å²) in [6, 6.07) is -0.826. The molecular formula is C11H23N3O4. The number of rotatable bonds is 10. The van der Waals surface area contributed by atoms with E-state index in [1.54, 1.807) is 0 Å². The Hall–Kier alpha value is -1.18. The van der Waals surface area contributed by atoms with Crippen molar-refractivity contribution in [2.24, 2.45) is 5.73 Å². The van der Waals surface area contributed by atoms with Crippen LogP contribution in [0.2, 0.25) is 0 Å². The van der Waals surface area contributed by atoms with Crippen molar-refractivity contribution in [2.75, 3.05) is 13.1 Å². The second-order valence-corrected chi connectivity index (χ2v) is 3.83. The Bertz CT molecular complexity index is 248. The number of hydrogen-bond acceptors (Lipinski definition) is 7. The van der Waals surface area contributed by atoms with Gasteiger partial charge in [-0.3, -0.25) is 4.79 Å². The van der Waals surface area contributed by atoms with Gasteiger partial charge in [0.2, 0.25) is 0 Å². The molecule has 0 unspecified atom stereocenters. The van der Waals surface area contributed by atoms with Gasteiger partial charge in [-0.15, -0.1) is 0 Å². The third-order valence-corrected chi connectivity index (χ3v) is 2.03. The zero-order valence-corrected chi connectivity index (χ0v) is 11.0. The van der Waals surface area contributed by atoms with E-state index in [9.17, 15) is 9.59 Å². The number of carbonyl (C=O) groups is 2. The quantitative estimate of drug-likeness (QED) is 0.376. The molecule has 0 aromatic heterocycles. The van der Waals surface area contributed by atoms with Crippen molar-refractivity contribution >= 4 is 11.9 Å². The van der Waals surface area contributed by atoms with Crippen molar-refractivity contribution in [2.45, 2.75) is 45.6 Å². The largest absolute Gasteiger partial charge is 0.371 e. The zero-order valence-electron chi connectivity index (χ0n) is 11.0. The summed E-state index contributed by atoms with van der Waals surface area (Å²) < 4.78 is 0. The highest BCUT2D eigenvalue weighted by atomic mass is 16.7. The maximum absolute atomic E-state index is 11.3. The van der Waals surface area contributed by atoms with Crippen LogP contribution in [0, 0.1) is 0 Å². The Kier molecular flexibility index (Phi) is 10.2. The van der Waals surface area contributed by atoms with Crippen LogP contribution >= 0.6 is 0 Å². The molecular weight excluding hydrogens is 238 g/mol. The normalized spacial score (nSPS) is 11.9. The first-order chi connectivity index (χ1) is 8.61. The van der Waals surface area contributed by atoms with Gasteiger partial charge in [0.25, 0.3) is 0 Å². The molecule has 0 aliphatic carbocycles. The lowest BCUT2D eigenvalue weighted by Crippen LogP contribution is -2.36. The van der Waals surface area contributed by atoms with Crippen molar-refractivity contribution in [3.8, 4) is 0 Å². The summed E-state index contributed by atoms with van der Waals surface area (Å²) in [6.45, 7) is 5.07. The molecule has 0 aliphatic heterocycles. The van der Waals surface area contributed by atoms with Gasteiger partial charge in [-0.2, -0.15) is 11.0 Å². The molecule has 18 heavy (non-hydrogen) atoms. The third kappa shape index (κ3) is 8.91. The predicted molar refractivity (Wildman–Crippen MR) is 66.0 cm³/mol. The van der Waals surface area contributed by atoms with Crippen LogP contribution in [0.1, 0.15) is 39.5 Å². The first-order valence-electron chi connectivity index (χ1n) is 6.23. The fourth-order valence-corrected chi connectivity index (χ4v) is 0.976. The minimum Gasteiger partial charge on any atom is -0.371 e. The number of hydrogen-bond donors (Lipinski definition) is 3. The lowest BCUT2D eigenvalue weighted by atomic mass is 10.2. The summed E-state index contributed by atoms with van der Waals surface area (Å²) in [4.78, 5) is 31.9. The van der Waals surface area contributed by atoms with Gasteiger partial charge in [-0.1, -0.05) is 13.8 Å². The van der Waals surface area contributed by atoms with Gasteiger partial charge >= 0.3 is 11.9 Å². The summed E-state index contributed by atoms with van der Waals surface area (Å²) in [5.74, 6) is -1.01. The fourth-order valence-electron chi connectivity index (χ4n) is 0.976. The molecule has 0 fully saturated rings. The molecule has 0 amide bonds. The van der Waals surface area contributed by atoms with Crippen LogP contribution in [0.3, 0.4) is 0 Å². The maximum Gasteiger partial charge on any atom is 0.341 e. The molecule has 7 nitrogen and oxygen atoms in total. The molecule has 0 radical (unpaired) electrons. The van der Waals surface area contributed by atoms with Gasteiger partial charge in [0.15, 0.2) is 0 Å². The molecule has 1 atom stereocenters. The minimum absolute atomic E-state index is 0.0702. The van der Waals surface area contributed by atoms with Crippen LogP contribution in [-0.2, 0) is 19.3 Å². The number of nitrogens with two attached hydrogens (primary N) is 1. The summed E-state index contributed by atoms with van der Waals surface area (Å²) in [6.07, 6.45) is 1.97. The molecule has 0 saturated heterocycles. The number of nitrogens with one attached hydrogen (secondary N) is 2. The van der Waals surface area contributed by atoms with E-state index >= 15 is 0 Å². The van der Waals surface area contributed by atoms with E-state index in [0.29, 0.717) is 13.1 Å². The van der Waals surface area contributed by atoms with Crippen molar-refractivity contribution in [1.29, 1.82) is 0 Å². The van der Waals surface area contributed by atoms with E-state index in [1.807, 2.05) is 13.8 Å². The van der Waals surface area contributed by atoms with Gasteiger partial charge < -0.3 is 15.4 Å². The first-order valence-corrected chi connectivity index (χ1v) is 6.23. The summed E-state index contributed by atoms with van der Waals surface area (Å²) in [5, 5.41) is 0. The molecule has 0 aromatic rings. The van der Waals surface area contributed by atoms with Gasteiger partial charge in [0.05, 0.1) is 0 Å². The molecule has 0 bridgehead atoms. The van der Waals surface area contributed by atoms with Crippen molar-refractivity contribution < 1.29 is 19.3 Å². The Morgan fingerprint density at radius 1 is 1.11 bits per heavy atom. The Morgan fingerprint density at radius 2 is 1.67 bits per heavy atom. The van der Waals surface area contributed by atoms with Crippen LogP contribution in [0.4, 0.5) is 0 Å². The molecule has 0 spiro atoms. The second-order valence-electron chi connectivity index (χ2n) is 3.83. The molecule has 7 heteroatoms. The monoisotopic (exact) mass is 261 g/mol. The summed E-state index contributed by atoms with van der Waals surface area (Å²) in [5.41, 5.74) is 10.6. The Labute approximate surface area is 107 Å². The predicted octanol–water partition coefficient (Wildman–Crippen LogP) is 0.00950. The molecule has 0 rings (SSSR count). The van der Waals surface area contributed by atoms with E-state index in [2.05, 4.69) is 11.0 Å². The van der Waals surface area contributed by atoms with Crippen LogP contribution in [0.15, 0.2) is 0 Å². The van der Waals surface area contributed by atoms with Crippen LogP contribution < -0.4 is 16.7 Å². The van der Waals surface area contributed by atoms with Crippen molar-refractivity contribution in [3.63, 3.8) is 0 Å². The highest BCUT2D eigenvalue weighted by Crippen LogP contribution is 1.98. The summed E-state index contributed by atoms with van der Waals surface area (Å²) >= 11 is 0. The average Bonchev–Trinajstić information content (AvgIpc) is 2.36. The van der Waals surface area contributed by atoms with Gasteiger partial charge in [0.1, 0.15) is 6.04 Å². The van der Waals surface area contributed by atoms with Gasteiger partial charge in [-0.05, 0) is 19.3 Å². The second kappa shape index (κ2) is 10.9. The standard InChI is InChI=1S/C11H23N3O4/c1-3-7-13-17-10(15)6-5-9(12)11(16)18-14-8-4-2/h9,13-14H,3-8,12H2,1-2H3/t9-/m0/s1. The SMILES string of the molecule is CCCNOC(=O)CC[C@H](N)C(=O)ONCCC. The Balaban J connectivity index is 3.64. The molecule has 0 aliphatic rings. The van der Waals surface area contributed by atoms with Crippen molar-refractivity contribution in [3.05, 3.63) is 0 Å². The van der Waals surface area contributed by atoms with Gasteiger partial charge in [-0.25, -0.2) is 4.79 Å². The lowest BCUT2D eigenvalue weighted by Gasteiger charge is -2.10. The zero-order chi connectivity index (χ0) is 13.8. The van der Waals surface area contributed by atoms with E-state index in [-0.39, 0.29) is 12.8 Å². The molecule has 4 N–H and O–H groups in total. The molecule has 0 aromatic carbocycles. The van der Waals surface area contributed by atoms with Crippen LogP contribution in [0.25, 0.3) is 0 Å². The smallest absolute Gasteiger partial charge is 0.341 e. The molecule has 0 saturated carbocycles. The van der Waals surface area contributed by atoms with Gasteiger partial charge in [0, 0.05) is 19.5 Å². The van der Waals surface area contributed by atoms with Crippen molar-refractivity contribution in [1.82, 2.24) is 11.0 Å². The first kappa shape index (κ1) is 16.8. The summed E-state index contributed by atoms with van der Waals surface area (Å²) in [7, 11) is 0. The number of carbonyl (C=O) groups excluding carboxylic acids is 2. The fraction of sp³-hybridized carbons (Fsp3) is 0.818.